The Labute approximate surface area is 113 Å². The van der Waals surface area contributed by atoms with Gasteiger partial charge in [-0.3, -0.25) is 0 Å². The second kappa shape index (κ2) is 6.75. The van der Waals surface area contributed by atoms with Gasteiger partial charge in [0.2, 0.25) is 10.0 Å². The molecule has 0 saturated carbocycles. The van der Waals surface area contributed by atoms with E-state index in [2.05, 4.69) is 4.49 Å². The van der Waals surface area contributed by atoms with Crippen molar-refractivity contribution in [1.29, 1.82) is 0 Å². The second-order valence-corrected chi connectivity index (χ2v) is 8.40. The van der Waals surface area contributed by atoms with Gasteiger partial charge in [0.15, 0.2) is 0 Å². The van der Waals surface area contributed by atoms with Crippen molar-refractivity contribution in [2.45, 2.75) is 18.7 Å². The maximum absolute atomic E-state index is 12.1. The normalized spacial score (nSPS) is 12.6. The Balaban J connectivity index is 2.97. The first-order valence-corrected chi connectivity index (χ1v) is 9.54. The van der Waals surface area contributed by atoms with Crippen molar-refractivity contribution < 1.29 is 17.5 Å². The molecule has 1 aromatic rings. The lowest BCUT2D eigenvalue weighted by atomic mass is 10.4. The first-order chi connectivity index (χ1) is 8.43. The van der Waals surface area contributed by atoms with Crippen LogP contribution in [0.25, 0.3) is 0 Å². The van der Waals surface area contributed by atoms with E-state index in [1.807, 2.05) is 0 Å². The molecule has 0 bridgehead atoms. The summed E-state index contributed by atoms with van der Waals surface area (Å²) in [5, 5.41) is 0. The lowest BCUT2D eigenvalue weighted by Crippen LogP contribution is -2.23. The summed E-state index contributed by atoms with van der Waals surface area (Å²) in [7, 11) is -3.72. The Bertz CT molecular complexity index is 508. The summed E-state index contributed by atoms with van der Waals surface area (Å²) in [4.78, 5) is 0.138. The lowest BCUT2D eigenvalue weighted by Gasteiger charge is -2.21. The minimum Gasteiger partial charge on any atom is -0.318 e. The van der Waals surface area contributed by atoms with E-state index in [4.69, 9.17) is 20.9 Å². The minimum absolute atomic E-state index is 0.138. The predicted molar refractivity (Wildman–Crippen MR) is 74.3 cm³/mol. The van der Waals surface area contributed by atoms with Crippen molar-refractivity contribution in [3.63, 3.8) is 0 Å². The van der Waals surface area contributed by atoms with Crippen molar-refractivity contribution in [3.05, 3.63) is 30.3 Å². The SMILES string of the molecule is CCOP(=S)(NS(=O)(=O)c1ccccc1)OCC. The molecule has 0 unspecified atom stereocenters. The third-order valence-corrected chi connectivity index (χ3v) is 7.13. The topological polar surface area (TPSA) is 64.6 Å². The van der Waals surface area contributed by atoms with Crippen LogP contribution in [0.1, 0.15) is 13.8 Å². The van der Waals surface area contributed by atoms with Crippen LogP contribution in [-0.2, 0) is 30.9 Å². The first kappa shape index (κ1) is 15.8. The highest BCUT2D eigenvalue weighted by molar-refractivity contribution is 8.14. The van der Waals surface area contributed by atoms with Crippen LogP contribution in [0, 0.1) is 0 Å². The van der Waals surface area contributed by atoms with Crippen molar-refractivity contribution in [2.75, 3.05) is 13.2 Å². The molecule has 8 heteroatoms. The summed E-state index contributed by atoms with van der Waals surface area (Å²) in [5.74, 6) is 0. The number of benzene rings is 1. The van der Waals surface area contributed by atoms with Gasteiger partial charge in [0.25, 0.3) is 6.64 Å². The van der Waals surface area contributed by atoms with Gasteiger partial charge in [0.1, 0.15) is 0 Å². The quantitative estimate of drug-likeness (QED) is 0.783. The average Bonchev–Trinajstić information content (AvgIpc) is 2.29. The van der Waals surface area contributed by atoms with Crippen LogP contribution in [0.2, 0.25) is 0 Å². The zero-order valence-corrected chi connectivity index (χ0v) is 12.7. The Kier molecular flexibility index (Phi) is 5.91. The van der Waals surface area contributed by atoms with Crippen LogP contribution in [0.15, 0.2) is 35.2 Å². The number of nitrogens with one attached hydrogen (secondary N) is 1. The van der Waals surface area contributed by atoms with Crippen LogP contribution in [-0.4, -0.2) is 21.6 Å². The second-order valence-electron chi connectivity index (χ2n) is 3.24. The van der Waals surface area contributed by atoms with Gasteiger partial charge in [-0.05, 0) is 37.8 Å². The van der Waals surface area contributed by atoms with Gasteiger partial charge in [0.05, 0.1) is 18.1 Å². The highest BCUT2D eigenvalue weighted by Gasteiger charge is 2.26. The van der Waals surface area contributed by atoms with Gasteiger partial charge in [0, 0.05) is 0 Å². The Morgan fingerprint density at radius 2 is 1.67 bits per heavy atom. The smallest absolute Gasteiger partial charge is 0.275 e. The third-order valence-electron chi connectivity index (χ3n) is 1.88. The van der Waals surface area contributed by atoms with Crippen molar-refractivity contribution in [3.8, 4) is 0 Å². The Hall–Kier alpha value is -0.300. The molecule has 0 atom stereocenters. The van der Waals surface area contributed by atoms with E-state index in [1.54, 1.807) is 32.0 Å². The van der Waals surface area contributed by atoms with Gasteiger partial charge in [-0.15, -0.1) is 4.49 Å². The van der Waals surface area contributed by atoms with Crippen molar-refractivity contribution in [2.24, 2.45) is 0 Å². The highest BCUT2D eigenvalue weighted by Crippen LogP contribution is 2.45. The van der Waals surface area contributed by atoms with Crippen LogP contribution < -0.4 is 4.49 Å². The van der Waals surface area contributed by atoms with Crippen molar-refractivity contribution >= 4 is 28.5 Å². The van der Waals surface area contributed by atoms with E-state index in [1.165, 1.54) is 12.1 Å². The third kappa shape index (κ3) is 4.42. The van der Waals surface area contributed by atoms with E-state index in [-0.39, 0.29) is 18.1 Å². The van der Waals surface area contributed by atoms with E-state index in [9.17, 15) is 8.42 Å². The molecule has 1 aromatic carbocycles. The van der Waals surface area contributed by atoms with Gasteiger partial charge in [-0.1, -0.05) is 18.2 Å². The van der Waals surface area contributed by atoms with E-state index < -0.39 is 16.7 Å². The molecule has 0 amide bonds. The van der Waals surface area contributed by atoms with E-state index in [0.29, 0.717) is 0 Å². The molecular formula is C10H16NO4PS2. The van der Waals surface area contributed by atoms with Gasteiger partial charge in [-0.25, -0.2) is 8.42 Å². The summed E-state index contributed by atoms with van der Waals surface area (Å²) >= 11 is 5.12. The fourth-order valence-electron chi connectivity index (χ4n) is 1.23. The molecule has 0 aliphatic heterocycles. The molecule has 1 rings (SSSR count). The highest BCUT2D eigenvalue weighted by atomic mass is 32.5. The molecule has 1 N–H and O–H groups in total. The Morgan fingerprint density at radius 1 is 1.17 bits per heavy atom. The van der Waals surface area contributed by atoms with Crippen LogP contribution in [0.4, 0.5) is 0 Å². The standard InChI is InChI=1S/C10H16NO4PS2/c1-3-14-16(17,15-4-2)11-18(12,13)10-8-6-5-7-9-10/h5-9H,3-4H2,1-2H3,(H,11,17). The zero-order valence-electron chi connectivity index (χ0n) is 10.2. The predicted octanol–water partition coefficient (Wildman–Crippen LogP) is 2.26. The molecular weight excluding hydrogens is 293 g/mol. The molecule has 0 aliphatic rings. The van der Waals surface area contributed by atoms with Crippen LogP contribution >= 0.6 is 6.64 Å². The fourth-order valence-corrected chi connectivity index (χ4v) is 6.04. The Morgan fingerprint density at radius 3 is 2.11 bits per heavy atom. The summed E-state index contributed by atoms with van der Waals surface area (Å²) < 4.78 is 37.0. The molecule has 0 fully saturated rings. The van der Waals surface area contributed by atoms with E-state index >= 15 is 0 Å². The number of sulfonamides is 1. The molecule has 0 spiro atoms. The molecule has 0 radical (unpaired) electrons. The number of hydrogen-bond donors (Lipinski definition) is 1. The lowest BCUT2D eigenvalue weighted by molar-refractivity contribution is 0.264. The molecule has 0 saturated heterocycles. The maximum Gasteiger partial charge on any atom is 0.275 e. The summed E-state index contributed by atoms with van der Waals surface area (Å²) in [6.07, 6.45) is 0. The molecule has 18 heavy (non-hydrogen) atoms. The molecule has 0 aliphatic carbocycles. The van der Waals surface area contributed by atoms with Crippen LogP contribution in [0.3, 0.4) is 0 Å². The van der Waals surface area contributed by atoms with Gasteiger partial charge in [-0.2, -0.15) is 0 Å². The number of rotatable bonds is 7. The number of hydrogen-bond acceptors (Lipinski definition) is 5. The van der Waals surface area contributed by atoms with Crippen molar-refractivity contribution in [1.82, 2.24) is 4.49 Å². The summed E-state index contributed by atoms with van der Waals surface area (Å²) in [6, 6.07) is 7.98. The average molecular weight is 309 g/mol. The first-order valence-electron chi connectivity index (χ1n) is 5.42. The molecule has 5 nitrogen and oxygen atoms in total. The molecule has 0 heterocycles. The van der Waals surface area contributed by atoms with E-state index in [0.717, 1.165) is 0 Å². The summed E-state index contributed by atoms with van der Waals surface area (Å²) in [6.45, 7) is 1.03. The minimum atomic E-state index is -3.72. The largest absolute Gasteiger partial charge is 0.318 e. The van der Waals surface area contributed by atoms with Crippen LogP contribution in [0.5, 0.6) is 0 Å². The van der Waals surface area contributed by atoms with Gasteiger partial charge >= 0.3 is 0 Å². The zero-order chi connectivity index (χ0) is 13.6. The fraction of sp³-hybridized carbons (Fsp3) is 0.400. The monoisotopic (exact) mass is 309 g/mol. The molecule has 102 valence electrons. The maximum atomic E-state index is 12.1. The van der Waals surface area contributed by atoms with Gasteiger partial charge < -0.3 is 9.05 Å². The summed E-state index contributed by atoms with van der Waals surface area (Å²) in [5.41, 5.74) is 0. The molecule has 0 aromatic heterocycles.